The lowest BCUT2D eigenvalue weighted by atomic mass is 9.82. The van der Waals surface area contributed by atoms with E-state index in [1.54, 1.807) is 12.2 Å². The van der Waals surface area contributed by atoms with Crippen molar-refractivity contribution in [3.05, 3.63) is 25.3 Å². The summed E-state index contributed by atoms with van der Waals surface area (Å²) in [7, 11) is 0. The van der Waals surface area contributed by atoms with Crippen molar-refractivity contribution < 1.29 is 4.79 Å². The fourth-order valence-corrected chi connectivity index (χ4v) is 2.27. The summed E-state index contributed by atoms with van der Waals surface area (Å²) >= 11 is 0. The van der Waals surface area contributed by atoms with Gasteiger partial charge in [-0.15, -0.1) is 13.2 Å². The molecule has 1 saturated heterocycles. The Balaban J connectivity index is 2.78. The van der Waals surface area contributed by atoms with Crippen LogP contribution in [-0.2, 0) is 4.79 Å². The Kier molecular flexibility index (Phi) is 4.74. The van der Waals surface area contributed by atoms with Gasteiger partial charge in [-0.3, -0.25) is 4.79 Å². The van der Waals surface area contributed by atoms with Crippen LogP contribution in [0.25, 0.3) is 0 Å². The van der Waals surface area contributed by atoms with Gasteiger partial charge < -0.3 is 10.2 Å². The summed E-state index contributed by atoms with van der Waals surface area (Å²) in [4.78, 5) is 14.3. The second-order valence-corrected chi connectivity index (χ2v) is 4.35. The van der Waals surface area contributed by atoms with Crippen molar-refractivity contribution in [1.29, 1.82) is 0 Å². The first kappa shape index (κ1) is 13.0. The van der Waals surface area contributed by atoms with Crippen LogP contribution >= 0.6 is 0 Å². The standard InChI is InChI=1S/C13H22N2O/c1-4-9-15(10-5-2)12(16)13(6-3)7-8-14-11-13/h4-5,14H,1-2,6-11H2,3H3. The van der Waals surface area contributed by atoms with Gasteiger partial charge in [0.15, 0.2) is 0 Å². The molecule has 1 atom stereocenters. The van der Waals surface area contributed by atoms with Gasteiger partial charge in [-0.25, -0.2) is 0 Å². The number of nitrogens with one attached hydrogen (secondary N) is 1. The topological polar surface area (TPSA) is 32.3 Å². The normalized spacial score (nSPS) is 24.1. The Hall–Kier alpha value is -1.09. The van der Waals surface area contributed by atoms with Crippen LogP contribution in [-0.4, -0.2) is 37.0 Å². The first-order valence-electron chi connectivity index (χ1n) is 5.92. The quantitative estimate of drug-likeness (QED) is 0.692. The van der Waals surface area contributed by atoms with Crippen LogP contribution in [0.3, 0.4) is 0 Å². The first-order valence-corrected chi connectivity index (χ1v) is 5.92. The van der Waals surface area contributed by atoms with Gasteiger partial charge in [-0.2, -0.15) is 0 Å². The predicted molar refractivity (Wildman–Crippen MR) is 67.2 cm³/mol. The molecule has 0 aromatic rings. The number of carbonyl (C=O) groups excluding carboxylic acids is 1. The highest BCUT2D eigenvalue weighted by Crippen LogP contribution is 2.31. The molecule has 1 rings (SSSR count). The maximum absolute atomic E-state index is 12.5. The molecule has 0 aliphatic carbocycles. The molecule has 0 spiro atoms. The molecule has 3 nitrogen and oxygen atoms in total. The molecule has 0 aromatic heterocycles. The van der Waals surface area contributed by atoms with Crippen molar-refractivity contribution in [2.45, 2.75) is 19.8 Å². The molecule has 0 radical (unpaired) electrons. The van der Waals surface area contributed by atoms with Crippen molar-refractivity contribution in [2.75, 3.05) is 26.2 Å². The van der Waals surface area contributed by atoms with E-state index in [4.69, 9.17) is 0 Å². The van der Waals surface area contributed by atoms with Crippen LogP contribution in [0.5, 0.6) is 0 Å². The lowest BCUT2D eigenvalue weighted by molar-refractivity contribution is -0.140. The van der Waals surface area contributed by atoms with Crippen molar-refractivity contribution in [3.8, 4) is 0 Å². The Morgan fingerprint density at radius 3 is 2.44 bits per heavy atom. The fraction of sp³-hybridized carbons (Fsp3) is 0.615. The number of hydrogen-bond donors (Lipinski definition) is 1. The van der Waals surface area contributed by atoms with E-state index in [0.29, 0.717) is 13.1 Å². The zero-order valence-electron chi connectivity index (χ0n) is 10.2. The summed E-state index contributed by atoms with van der Waals surface area (Å²) in [6.07, 6.45) is 5.37. The van der Waals surface area contributed by atoms with E-state index in [0.717, 1.165) is 25.9 Å². The van der Waals surface area contributed by atoms with E-state index in [9.17, 15) is 4.79 Å². The SMILES string of the molecule is C=CCN(CC=C)C(=O)C1(CC)CCNC1. The average molecular weight is 222 g/mol. The summed E-state index contributed by atoms with van der Waals surface area (Å²) in [6.45, 7) is 12.4. The average Bonchev–Trinajstić information content (AvgIpc) is 2.77. The van der Waals surface area contributed by atoms with Gasteiger partial charge in [0, 0.05) is 19.6 Å². The second-order valence-electron chi connectivity index (χ2n) is 4.35. The molecule has 0 aromatic carbocycles. The van der Waals surface area contributed by atoms with E-state index >= 15 is 0 Å². The molecule has 16 heavy (non-hydrogen) atoms. The summed E-state index contributed by atoms with van der Waals surface area (Å²) in [5.41, 5.74) is -0.202. The van der Waals surface area contributed by atoms with Crippen molar-refractivity contribution in [2.24, 2.45) is 5.41 Å². The zero-order valence-corrected chi connectivity index (χ0v) is 10.2. The van der Waals surface area contributed by atoms with Crippen molar-refractivity contribution >= 4 is 5.91 Å². The molecule has 1 aliphatic heterocycles. The monoisotopic (exact) mass is 222 g/mol. The molecular formula is C13H22N2O. The fourth-order valence-electron chi connectivity index (χ4n) is 2.27. The van der Waals surface area contributed by atoms with Crippen LogP contribution in [0, 0.1) is 5.41 Å². The van der Waals surface area contributed by atoms with Gasteiger partial charge >= 0.3 is 0 Å². The Labute approximate surface area is 98.2 Å². The zero-order chi connectivity index (χ0) is 12.0. The number of amides is 1. The number of hydrogen-bond acceptors (Lipinski definition) is 2. The van der Waals surface area contributed by atoms with Crippen LogP contribution < -0.4 is 5.32 Å². The van der Waals surface area contributed by atoms with Gasteiger partial charge in [0.2, 0.25) is 5.91 Å². The smallest absolute Gasteiger partial charge is 0.230 e. The third-order valence-corrected chi connectivity index (χ3v) is 3.36. The molecule has 0 bridgehead atoms. The first-order chi connectivity index (χ1) is 7.70. The van der Waals surface area contributed by atoms with Crippen molar-refractivity contribution in [1.82, 2.24) is 10.2 Å². The molecule has 1 N–H and O–H groups in total. The van der Waals surface area contributed by atoms with E-state index in [1.807, 2.05) is 4.90 Å². The van der Waals surface area contributed by atoms with E-state index in [2.05, 4.69) is 25.4 Å². The largest absolute Gasteiger partial charge is 0.335 e. The van der Waals surface area contributed by atoms with Crippen molar-refractivity contribution in [3.63, 3.8) is 0 Å². The summed E-state index contributed by atoms with van der Waals surface area (Å²) < 4.78 is 0. The maximum atomic E-state index is 12.5. The minimum absolute atomic E-state index is 0.202. The van der Waals surface area contributed by atoms with Gasteiger partial charge in [-0.05, 0) is 19.4 Å². The van der Waals surface area contributed by atoms with Crippen LogP contribution in [0.2, 0.25) is 0 Å². The number of rotatable bonds is 6. The summed E-state index contributed by atoms with van der Waals surface area (Å²) in [5, 5.41) is 3.28. The lowest BCUT2D eigenvalue weighted by Crippen LogP contribution is -2.45. The van der Waals surface area contributed by atoms with Crippen LogP contribution in [0.1, 0.15) is 19.8 Å². The van der Waals surface area contributed by atoms with Gasteiger partial charge in [0.05, 0.1) is 5.41 Å². The van der Waals surface area contributed by atoms with Gasteiger partial charge in [-0.1, -0.05) is 19.1 Å². The van der Waals surface area contributed by atoms with Gasteiger partial charge in [0.25, 0.3) is 0 Å². The highest BCUT2D eigenvalue weighted by molar-refractivity contribution is 5.83. The molecule has 0 saturated carbocycles. The predicted octanol–water partition coefficient (Wildman–Crippen LogP) is 1.58. The molecule has 1 heterocycles. The van der Waals surface area contributed by atoms with Gasteiger partial charge in [0.1, 0.15) is 0 Å². The Morgan fingerprint density at radius 1 is 1.44 bits per heavy atom. The Bertz CT molecular complexity index is 257. The lowest BCUT2D eigenvalue weighted by Gasteiger charge is -2.32. The third-order valence-electron chi connectivity index (χ3n) is 3.36. The highest BCUT2D eigenvalue weighted by Gasteiger charge is 2.41. The minimum atomic E-state index is -0.202. The van der Waals surface area contributed by atoms with E-state index in [1.165, 1.54) is 0 Å². The summed E-state index contributed by atoms with van der Waals surface area (Å²) in [5.74, 6) is 0.236. The Morgan fingerprint density at radius 2 is 2.06 bits per heavy atom. The molecule has 1 aliphatic rings. The number of nitrogens with zero attached hydrogens (tertiary/aromatic N) is 1. The van der Waals surface area contributed by atoms with E-state index in [-0.39, 0.29) is 11.3 Å². The summed E-state index contributed by atoms with van der Waals surface area (Å²) in [6, 6.07) is 0. The minimum Gasteiger partial charge on any atom is -0.335 e. The molecular weight excluding hydrogens is 200 g/mol. The molecule has 1 unspecified atom stereocenters. The van der Waals surface area contributed by atoms with Crippen LogP contribution in [0.15, 0.2) is 25.3 Å². The molecule has 1 fully saturated rings. The molecule has 3 heteroatoms. The highest BCUT2D eigenvalue weighted by atomic mass is 16.2. The number of carbonyl (C=O) groups is 1. The van der Waals surface area contributed by atoms with E-state index < -0.39 is 0 Å². The molecule has 1 amide bonds. The maximum Gasteiger partial charge on any atom is 0.230 e. The molecule has 90 valence electrons. The second kappa shape index (κ2) is 5.85. The third kappa shape index (κ3) is 2.53. The van der Waals surface area contributed by atoms with Crippen LogP contribution in [0.4, 0.5) is 0 Å².